The van der Waals surface area contributed by atoms with Crippen LogP contribution in [0.3, 0.4) is 0 Å². The Hall–Kier alpha value is -3.32. The Kier molecular flexibility index (Phi) is 7.69. The van der Waals surface area contributed by atoms with E-state index in [2.05, 4.69) is 18.7 Å². The maximum atomic E-state index is 13.1. The van der Waals surface area contributed by atoms with Gasteiger partial charge < -0.3 is 23.8 Å². The van der Waals surface area contributed by atoms with Crippen LogP contribution in [-0.2, 0) is 32.1 Å². The van der Waals surface area contributed by atoms with Gasteiger partial charge in [0.1, 0.15) is 12.2 Å². The van der Waals surface area contributed by atoms with Crippen molar-refractivity contribution in [3.8, 4) is 11.5 Å². The summed E-state index contributed by atoms with van der Waals surface area (Å²) in [4.78, 5) is 27.8. The van der Waals surface area contributed by atoms with Gasteiger partial charge in [0, 0.05) is 31.2 Å². The number of nitrogens with zero attached hydrogens (tertiary/aromatic N) is 1. The lowest BCUT2D eigenvalue weighted by atomic mass is 9.73. The summed E-state index contributed by atoms with van der Waals surface area (Å²) in [6.07, 6.45) is 2.59. The smallest absolute Gasteiger partial charge is 0.343 e. The van der Waals surface area contributed by atoms with Gasteiger partial charge >= 0.3 is 5.97 Å². The molecule has 0 N–H and O–H groups in total. The number of carbonyl (C=O) groups is 2. The van der Waals surface area contributed by atoms with Gasteiger partial charge in [0.05, 0.1) is 26.4 Å². The van der Waals surface area contributed by atoms with Crippen LogP contribution in [0.5, 0.6) is 11.5 Å². The number of Topliss-reactive ketones (excluding diaryl/α,β-unsaturated/α-hetero) is 1. The van der Waals surface area contributed by atoms with E-state index in [0.29, 0.717) is 31.1 Å². The number of rotatable bonds is 9. The Labute approximate surface area is 213 Å². The zero-order chi connectivity index (χ0) is 25.9. The van der Waals surface area contributed by atoms with Gasteiger partial charge in [-0.1, -0.05) is 44.2 Å². The highest BCUT2D eigenvalue weighted by Crippen LogP contribution is 2.47. The first-order valence-corrected chi connectivity index (χ1v) is 12.3. The minimum Gasteiger partial charge on any atom is -0.493 e. The second-order valence-corrected chi connectivity index (χ2v) is 9.97. The highest BCUT2D eigenvalue weighted by atomic mass is 16.5. The van der Waals surface area contributed by atoms with Crippen LogP contribution < -0.4 is 9.47 Å². The highest BCUT2D eigenvalue weighted by Gasteiger charge is 2.45. The van der Waals surface area contributed by atoms with Gasteiger partial charge in [-0.25, -0.2) is 4.79 Å². The summed E-state index contributed by atoms with van der Waals surface area (Å²) in [6.45, 7) is 7.20. The van der Waals surface area contributed by atoms with Crippen LogP contribution in [0.15, 0.2) is 54.2 Å². The maximum absolute atomic E-state index is 13.1. The van der Waals surface area contributed by atoms with Gasteiger partial charge in [-0.2, -0.15) is 0 Å². The van der Waals surface area contributed by atoms with Crippen molar-refractivity contribution in [2.45, 2.75) is 52.3 Å². The number of methoxy groups -OCH3 is 2. The summed E-state index contributed by atoms with van der Waals surface area (Å²) in [6, 6.07) is 13.8. The Morgan fingerprint density at radius 1 is 1.08 bits per heavy atom. The fourth-order valence-electron chi connectivity index (χ4n) is 5.23. The molecule has 2 aromatic rings. The molecule has 7 heteroatoms. The third-order valence-electron chi connectivity index (χ3n) is 7.03. The molecule has 0 fully saturated rings. The number of hydrogen-bond donors (Lipinski definition) is 0. The summed E-state index contributed by atoms with van der Waals surface area (Å²) in [5.41, 5.74) is 3.03. The first-order valence-electron chi connectivity index (χ1n) is 12.3. The van der Waals surface area contributed by atoms with E-state index in [4.69, 9.17) is 18.9 Å². The van der Waals surface area contributed by atoms with E-state index in [0.717, 1.165) is 16.7 Å². The quantitative estimate of drug-likeness (QED) is 0.372. The fourth-order valence-corrected chi connectivity index (χ4v) is 5.23. The van der Waals surface area contributed by atoms with Gasteiger partial charge in [-0.15, -0.1) is 0 Å². The average molecular weight is 494 g/mol. The topological polar surface area (TPSA) is 74.3 Å². The Balaban J connectivity index is 1.75. The molecule has 0 saturated carbocycles. The van der Waals surface area contributed by atoms with Crippen LogP contribution in [0.25, 0.3) is 0 Å². The number of ether oxygens (including phenoxy) is 4. The van der Waals surface area contributed by atoms with Crippen LogP contribution in [0.1, 0.15) is 49.9 Å². The molecule has 4 rings (SSSR count). The van der Waals surface area contributed by atoms with Crippen molar-refractivity contribution in [3.05, 3.63) is 70.9 Å². The van der Waals surface area contributed by atoms with Crippen LogP contribution in [0, 0.1) is 5.41 Å². The molecule has 192 valence electrons. The van der Waals surface area contributed by atoms with Crippen molar-refractivity contribution in [2.75, 3.05) is 27.4 Å². The summed E-state index contributed by atoms with van der Waals surface area (Å²) in [5.74, 6) is 0.500. The molecule has 0 radical (unpaired) electrons. The average Bonchev–Trinajstić information content (AvgIpc) is 2.86. The summed E-state index contributed by atoms with van der Waals surface area (Å²) in [7, 11) is 3.31. The van der Waals surface area contributed by atoms with E-state index in [-0.39, 0.29) is 41.9 Å². The maximum Gasteiger partial charge on any atom is 0.343 e. The third kappa shape index (κ3) is 5.12. The monoisotopic (exact) mass is 493 g/mol. The predicted molar refractivity (Wildman–Crippen MR) is 136 cm³/mol. The van der Waals surface area contributed by atoms with Gasteiger partial charge in [-0.05, 0) is 42.2 Å². The lowest BCUT2D eigenvalue weighted by Gasteiger charge is -2.50. The van der Waals surface area contributed by atoms with Crippen molar-refractivity contribution < 1.29 is 28.5 Å². The molecule has 0 bridgehead atoms. The molecule has 0 aliphatic carbocycles. The van der Waals surface area contributed by atoms with Crippen molar-refractivity contribution in [1.29, 1.82) is 0 Å². The van der Waals surface area contributed by atoms with Crippen molar-refractivity contribution in [2.24, 2.45) is 5.41 Å². The zero-order valence-electron chi connectivity index (χ0n) is 21.7. The molecule has 2 aliphatic heterocycles. The highest BCUT2D eigenvalue weighted by molar-refractivity contribution is 6.17. The van der Waals surface area contributed by atoms with E-state index >= 15 is 0 Å². The SMILES string of the molecule is CCOC(=O)C1=CN2C(CC1=O)c1cc(OC)c(OCc3ccccc3)cc1CC2C(C)(C)COC. The molecule has 0 amide bonds. The summed E-state index contributed by atoms with van der Waals surface area (Å²) < 4.78 is 22.6. The van der Waals surface area contributed by atoms with Crippen LogP contribution in [0.4, 0.5) is 0 Å². The normalized spacial score (nSPS) is 19.2. The summed E-state index contributed by atoms with van der Waals surface area (Å²) in [5, 5.41) is 0. The molecular formula is C29H35NO6. The lowest BCUT2D eigenvalue weighted by molar-refractivity contribution is -0.141. The Morgan fingerprint density at radius 2 is 1.83 bits per heavy atom. The largest absolute Gasteiger partial charge is 0.493 e. The first kappa shape index (κ1) is 25.8. The standard InChI is InChI=1S/C29H35NO6/c1-6-35-28(32)22-16-30-23(15-24(22)31)21-14-25(34-5)26(36-17-19-10-8-7-9-11-19)12-20(21)13-27(30)29(2,3)18-33-4/h7-12,14,16,23,27H,6,13,15,17-18H2,1-5H3. The predicted octanol–water partition coefficient (Wildman–Crippen LogP) is 4.63. The van der Waals surface area contributed by atoms with E-state index in [1.807, 2.05) is 42.5 Å². The molecule has 2 aromatic carbocycles. The molecule has 2 aliphatic rings. The lowest BCUT2D eigenvalue weighted by Crippen LogP contribution is -2.52. The van der Waals surface area contributed by atoms with Crippen molar-refractivity contribution >= 4 is 11.8 Å². The van der Waals surface area contributed by atoms with E-state index in [9.17, 15) is 9.59 Å². The molecule has 0 saturated heterocycles. The Morgan fingerprint density at radius 3 is 2.50 bits per heavy atom. The minimum absolute atomic E-state index is 0.0113. The number of benzene rings is 2. The minimum atomic E-state index is -0.572. The van der Waals surface area contributed by atoms with Crippen molar-refractivity contribution in [1.82, 2.24) is 4.90 Å². The molecule has 2 heterocycles. The Bertz CT molecular complexity index is 1140. The third-order valence-corrected chi connectivity index (χ3v) is 7.03. The molecular weight excluding hydrogens is 458 g/mol. The molecule has 0 spiro atoms. The van der Waals surface area contributed by atoms with E-state index in [1.54, 1.807) is 27.3 Å². The first-order chi connectivity index (χ1) is 17.3. The summed E-state index contributed by atoms with van der Waals surface area (Å²) >= 11 is 0. The second-order valence-electron chi connectivity index (χ2n) is 9.97. The van der Waals surface area contributed by atoms with Crippen molar-refractivity contribution in [3.63, 3.8) is 0 Å². The van der Waals surface area contributed by atoms with E-state index < -0.39 is 5.97 Å². The number of esters is 1. The van der Waals surface area contributed by atoms with Crippen LogP contribution >= 0.6 is 0 Å². The van der Waals surface area contributed by atoms with Gasteiger partial charge in [0.2, 0.25) is 0 Å². The van der Waals surface area contributed by atoms with Crippen LogP contribution in [-0.4, -0.2) is 50.1 Å². The molecule has 2 unspecified atom stereocenters. The fraction of sp³-hybridized carbons (Fsp3) is 0.448. The van der Waals surface area contributed by atoms with Gasteiger partial charge in [0.15, 0.2) is 17.3 Å². The molecule has 7 nitrogen and oxygen atoms in total. The number of fused-ring (bicyclic) bond motifs is 3. The van der Waals surface area contributed by atoms with Gasteiger partial charge in [0.25, 0.3) is 0 Å². The molecule has 0 aromatic heterocycles. The van der Waals surface area contributed by atoms with Gasteiger partial charge in [-0.3, -0.25) is 4.79 Å². The number of carbonyl (C=O) groups excluding carboxylic acids is 2. The molecule has 2 atom stereocenters. The number of hydrogen-bond acceptors (Lipinski definition) is 7. The second kappa shape index (κ2) is 10.7. The molecule has 36 heavy (non-hydrogen) atoms. The van der Waals surface area contributed by atoms with Crippen LogP contribution in [0.2, 0.25) is 0 Å². The number of ketones is 1. The zero-order valence-corrected chi connectivity index (χ0v) is 21.7. The van der Waals surface area contributed by atoms with E-state index in [1.165, 1.54) is 0 Å².